The number of thioether (sulfide) groups is 1. The van der Waals surface area contributed by atoms with Crippen LogP contribution in [0.5, 0.6) is 0 Å². The zero-order valence-corrected chi connectivity index (χ0v) is 8.22. The summed E-state index contributed by atoms with van der Waals surface area (Å²) in [6, 6.07) is -0.0383. The van der Waals surface area contributed by atoms with Gasteiger partial charge >= 0.3 is 11.9 Å². The smallest absolute Gasteiger partial charge is 0.394 e. The van der Waals surface area contributed by atoms with Crippen molar-refractivity contribution in [3.8, 4) is 0 Å². The van der Waals surface area contributed by atoms with E-state index in [1.54, 1.807) is 11.8 Å². The van der Waals surface area contributed by atoms with Gasteiger partial charge in [-0.25, -0.2) is 4.79 Å². The van der Waals surface area contributed by atoms with Crippen molar-refractivity contribution in [3.05, 3.63) is 0 Å². The van der Waals surface area contributed by atoms with Crippen molar-refractivity contribution in [3.63, 3.8) is 0 Å². The number of aliphatic carboxylic acids is 1. The van der Waals surface area contributed by atoms with Crippen LogP contribution in [0.4, 0.5) is 0 Å². The molecule has 0 spiro atoms. The molecule has 0 fully saturated rings. The summed E-state index contributed by atoms with van der Waals surface area (Å²) in [6.45, 7) is 1.82. The zero-order chi connectivity index (χ0) is 9.72. The molecule has 70 valence electrons. The minimum Gasteiger partial charge on any atom is -0.474 e. The van der Waals surface area contributed by atoms with E-state index in [0.29, 0.717) is 0 Å². The first-order valence-corrected chi connectivity index (χ1v) is 4.89. The van der Waals surface area contributed by atoms with Crippen molar-refractivity contribution >= 4 is 23.6 Å². The van der Waals surface area contributed by atoms with Gasteiger partial charge < -0.3 is 10.0 Å². The fraction of sp³-hybridized carbons (Fsp3) is 0.714. The average molecular weight is 191 g/mol. The summed E-state index contributed by atoms with van der Waals surface area (Å²) in [7, 11) is 1.50. The summed E-state index contributed by atoms with van der Waals surface area (Å²) in [6.07, 6.45) is 1.91. The number of carbonyl (C=O) groups excluding carboxylic acids is 1. The van der Waals surface area contributed by atoms with E-state index < -0.39 is 11.9 Å². The minimum absolute atomic E-state index is 0.0383. The molecular formula is C7H13NO3S. The first-order chi connectivity index (χ1) is 5.50. The molecule has 1 unspecified atom stereocenters. The van der Waals surface area contributed by atoms with Crippen LogP contribution in [0, 0.1) is 0 Å². The summed E-state index contributed by atoms with van der Waals surface area (Å²) >= 11 is 1.58. The standard InChI is InChI=1S/C7H13NO3S/c1-5(4-12-3)8(2)6(9)7(10)11/h5H,4H2,1-3H3,(H,10,11). The Hall–Kier alpha value is -0.710. The average Bonchev–Trinajstić information content (AvgIpc) is 2.02. The summed E-state index contributed by atoms with van der Waals surface area (Å²) < 4.78 is 0. The number of carbonyl (C=O) groups is 2. The van der Waals surface area contributed by atoms with E-state index in [9.17, 15) is 9.59 Å². The lowest BCUT2D eigenvalue weighted by molar-refractivity contribution is -0.155. The SMILES string of the molecule is CSCC(C)N(C)C(=O)C(=O)O. The van der Waals surface area contributed by atoms with Crippen molar-refractivity contribution in [1.29, 1.82) is 0 Å². The molecule has 4 nitrogen and oxygen atoms in total. The van der Waals surface area contributed by atoms with Crippen LogP contribution >= 0.6 is 11.8 Å². The summed E-state index contributed by atoms with van der Waals surface area (Å²) in [4.78, 5) is 22.4. The Morgan fingerprint density at radius 2 is 2.08 bits per heavy atom. The van der Waals surface area contributed by atoms with Gasteiger partial charge in [0.05, 0.1) is 0 Å². The highest BCUT2D eigenvalue weighted by Crippen LogP contribution is 2.03. The Morgan fingerprint density at radius 1 is 1.58 bits per heavy atom. The number of amides is 1. The van der Waals surface area contributed by atoms with E-state index in [4.69, 9.17) is 5.11 Å². The lowest BCUT2D eigenvalue weighted by Gasteiger charge is -2.21. The summed E-state index contributed by atoms with van der Waals surface area (Å²) in [5, 5.41) is 8.37. The second kappa shape index (κ2) is 5.03. The number of likely N-dealkylation sites (N-methyl/N-ethyl adjacent to an activating group) is 1. The molecule has 0 aromatic rings. The maximum Gasteiger partial charge on any atom is 0.394 e. The molecule has 0 saturated heterocycles. The maximum atomic E-state index is 10.9. The molecule has 12 heavy (non-hydrogen) atoms. The van der Waals surface area contributed by atoms with Crippen molar-refractivity contribution in [1.82, 2.24) is 4.90 Å². The van der Waals surface area contributed by atoms with Gasteiger partial charge in [0.15, 0.2) is 0 Å². The largest absolute Gasteiger partial charge is 0.474 e. The molecule has 1 N–H and O–H groups in total. The van der Waals surface area contributed by atoms with Crippen LogP contribution in [-0.2, 0) is 9.59 Å². The Balaban J connectivity index is 4.09. The van der Waals surface area contributed by atoms with Crippen LogP contribution in [0.25, 0.3) is 0 Å². The summed E-state index contributed by atoms with van der Waals surface area (Å²) in [5.74, 6) is -1.50. The van der Waals surface area contributed by atoms with Crippen LogP contribution < -0.4 is 0 Å². The molecule has 0 bridgehead atoms. The summed E-state index contributed by atoms with van der Waals surface area (Å²) in [5.41, 5.74) is 0. The number of rotatable bonds is 3. The number of hydrogen-bond donors (Lipinski definition) is 1. The molecule has 0 radical (unpaired) electrons. The monoisotopic (exact) mass is 191 g/mol. The van der Waals surface area contributed by atoms with Gasteiger partial charge in [-0.05, 0) is 13.2 Å². The van der Waals surface area contributed by atoms with Gasteiger partial charge in [0.1, 0.15) is 0 Å². The third kappa shape index (κ3) is 3.13. The van der Waals surface area contributed by atoms with E-state index in [-0.39, 0.29) is 6.04 Å². The first kappa shape index (κ1) is 11.3. The molecule has 5 heteroatoms. The fourth-order valence-electron chi connectivity index (χ4n) is 0.704. The molecule has 0 heterocycles. The van der Waals surface area contributed by atoms with E-state index in [1.807, 2.05) is 13.2 Å². The molecule has 0 aromatic heterocycles. The quantitative estimate of drug-likeness (QED) is 0.651. The van der Waals surface area contributed by atoms with Gasteiger partial charge in [-0.2, -0.15) is 11.8 Å². The zero-order valence-electron chi connectivity index (χ0n) is 7.40. The Labute approximate surface area is 75.9 Å². The molecular weight excluding hydrogens is 178 g/mol. The lowest BCUT2D eigenvalue weighted by atomic mass is 10.3. The van der Waals surface area contributed by atoms with Gasteiger partial charge in [0.25, 0.3) is 0 Å². The number of carboxylic acid groups (broad SMARTS) is 1. The van der Waals surface area contributed by atoms with Crippen LogP contribution in [0.3, 0.4) is 0 Å². The molecule has 0 aromatic carbocycles. The van der Waals surface area contributed by atoms with Crippen molar-refractivity contribution in [2.75, 3.05) is 19.1 Å². The third-order valence-corrected chi connectivity index (χ3v) is 2.39. The van der Waals surface area contributed by atoms with E-state index in [0.717, 1.165) is 5.75 Å². The predicted octanol–water partition coefficient (Wildman–Crippen LogP) is 0.281. The second-order valence-corrected chi connectivity index (χ2v) is 3.44. The van der Waals surface area contributed by atoms with Crippen molar-refractivity contribution in [2.45, 2.75) is 13.0 Å². The highest BCUT2D eigenvalue weighted by molar-refractivity contribution is 7.98. The molecule has 0 aliphatic carbocycles. The Kier molecular flexibility index (Phi) is 4.73. The van der Waals surface area contributed by atoms with Crippen LogP contribution in [0.2, 0.25) is 0 Å². The fourth-order valence-corrected chi connectivity index (χ4v) is 1.41. The number of nitrogens with zero attached hydrogens (tertiary/aromatic N) is 1. The highest BCUT2D eigenvalue weighted by atomic mass is 32.2. The molecule has 0 aliphatic heterocycles. The van der Waals surface area contributed by atoms with Gasteiger partial charge in [-0.1, -0.05) is 0 Å². The molecule has 0 aliphatic rings. The third-order valence-electron chi connectivity index (χ3n) is 1.57. The van der Waals surface area contributed by atoms with E-state index in [2.05, 4.69) is 0 Å². The second-order valence-electron chi connectivity index (χ2n) is 2.53. The minimum atomic E-state index is -1.40. The maximum absolute atomic E-state index is 10.9. The number of carboxylic acids is 1. The first-order valence-electron chi connectivity index (χ1n) is 3.49. The van der Waals surface area contributed by atoms with Gasteiger partial charge in [-0.15, -0.1) is 0 Å². The normalized spacial score (nSPS) is 12.2. The molecule has 0 rings (SSSR count). The Bertz CT molecular complexity index is 183. The van der Waals surface area contributed by atoms with Crippen LogP contribution in [0.15, 0.2) is 0 Å². The van der Waals surface area contributed by atoms with Crippen molar-refractivity contribution in [2.24, 2.45) is 0 Å². The Morgan fingerprint density at radius 3 is 2.42 bits per heavy atom. The van der Waals surface area contributed by atoms with Crippen LogP contribution in [-0.4, -0.2) is 47.0 Å². The number of hydrogen-bond acceptors (Lipinski definition) is 3. The van der Waals surface area contributed by atoms with Gasteiger partial charge in [0, 0.05) is 18.8 Å². The van der Waals surface area contributed by atoms with E-state index >= 15 is 0 Å². The van der Waals surface area contributed by atoms with Gasteiger partial charge in [-0.3, -0.25) is 4.79 Å². The molecule has 0 saturated carbocycles. The highest BCUT2D eigenvalue weighted by Gasteiger charge is 2.21. The van der Waals surface area contributed by atoms with E-state index in [1.165, 1.54) is 11.9 Å². The molecule has 1 amide bonds. The predicted molar refractivity (Wildman–Crippen MR) is 48.2 cm³/mol. The topological polar surface area (TPSA) is 57.6 Å². The lowest BCUT2D eigenvalue weighted by Crippen LogP contribution is -2.40. The van der Waals surface area contributed by atoms with Crippen molar-refractivity contribution < 1.29 is 14.7 Å². The molecule has 1 atom stereocenters. The van der Waals surface area contributed by atoms with Gasteiger partial charge in [0.2, 0.25) is 0 Å². The van der Waals surface area contributed by atoms with Crippen LogP contribution in [0.1, 0.15) is 6.92 Å².